The van der Waals surface area contributed by atoms with Gasteiger partial charge < -0.3 is 4.57 Å². The molecule has 0 amide bonds. The standard InChI is InChI=1S/C13H13FN4/c1-3-18-11(7-8-15-18)13-16-12-9(14)5-4-6-10(12)17(13)2/h4-8H,3H2,1-2H3. The predicted octanol–water partition coefficient (Wildman–Crippen LogP) is 2.60. The highest BCUT2D eigenvalue weighted by Gasteiger charge is 2.15. The van der Waals surface area contributed by atoms with Gasteiger partial charge in [-0.1, -0.05) is 6.07 Å². The predicted molar refractivity (Wildman–Crippen MR) is 67.6 cm³/mol. The monoisotopic (exact) mass is 244 g/mol. The molecule has 0 fully saturated rings. The van der Waals surface area contributed by atoms with E-state index in [0.29, 0.717) is 5.52 Å². The highest BCUT2D eigenvalue weighted by atomic mass is 19.1. The van der Waals surface area contributed by atoms with Crippen LogP contribution in [0.1, 0.15) is 6.92 Å². The molecule has 5 heteroatoms. The van der Waals surface area contributed by atoms with E-state index in [1.54, 1.807) is 12.3 Å². The summed E-state index contributed by atoms with van der Waals surface area (Å²) in [6.45, 7) is 2.77. The molecular weight excluding hydrogens is 231 g/mol. The summed E-state index contributed by atoms with van der Waals surface area (Å²) >= 11 is 0. The molecule has 0 bridgehead atoms. The van der Waals surface area contributed by atoms with Crippen LogP contribution in [-0.4, -0.2) is 19.3 Å². The number of aromatic nitrogens is 4. The van der Waals surface area contributed by atoms with Gasteiger partial charge in [-0.2, -0.15) is 5.10 Å². The lowest BCUT2D eigenvalue weighted by Crippen LogP contribution is -2.02. The number of aryl methyl sites for hydroxylation is 2. The first-order valence-corrected chi connectivity index (χ1v) is 5.85. The molecule has 0 saturated carbocycles. The second-order valence-corrected chi connectivity index (χ2v) is 4.13. The molecule has 3 aromatic rings. The molecule has 0 radical (unpaired) electrons. The zero-order valence-corrected chi connectivity index (χ0v) is 10.3. The molecule has 0 saturated heterocycles. The van der Waals surface area contributed by atoms with Crippen LogP contribution in [0.4, 0.5) is 4.39 Å². The van der Waals surface area contributed by atoms with E-state index in [4.69, 9.17) is 0 Å². The maximum absolute atomic E-state index is 13.7. The average molecular weight is 244 g/mol. The number of hydrogen-bond donors (Lipinski definition) is 0. The summed E-state index contributed by atoms with van der Waals surface area (Å²) in [5, 5.41) is 4.21. The van der Waals surface area contributed by atoms with Crippen LogP contribution < -0.4 is 0 Å². The number of hydrogen-bond acceptors (Lipinski definition) is 2. The molecule has 0 atom stereocenters. The molecular formula is C13H13FN4. The van der Waals surface area contributed by atoms with E-state index in [9.17, 15) is 4.39 Å². The fourth-order valence-electron chi connectivity index (χ4n) is 2.18. The molecule has 92 valence electrons. The summed E-state index contributed by atoms with van der Waals surface area (Å²) in [5.74, 6) is 0.436. The van der Waals surface area contributed by atoms with Gasteiger partial charge in [0.1, 0.15) is 11.2 Å². The highest BCUT2D eigenvalue weighted by Crippen LogP contribution is 2.24. The van der Waals surface area contributed by atoms with E-state index in [-0.39, 0.29) is 5.82 Å². The van der Waals surface area contributed by atoms with Crippen LogP contribution in [-0.2, 0) is 13.6 Å². The Bertz CT molecular complexity index is 711. The topological polar surface area (TPSA) is 35.6 Å². The third kappa shape index (κ3) is 1.44. The quantitative estimate of drug-likeness (QED) is 0.694. The lowest BCUT2D eigenvalue weighted by atomic mass is 10.3. The molecule has 3 rings (SSSR count). The zero-order chi connectivity index (χ0) is 12.7. The Balaban J connectivity index is 2.31. The summed E-state index contributed by atoms with van der Waals surface area (Å²) in [6.07, 6.45) is 1.73. The molecule has 0 spiro atoms. The molecule has 0 aliphatic rings. The van der Waals surface area contributed by atoms with Crippen LogP contribution in [0.15, 0.2) is 30.5 Å². The van der Waals surface area contributed by atoms with Crippen molar-refractivity contribution in [3.8, 4) is 11.5 Å². The minimum atomic E-state index is -0.295. The van der Waals surface area contributed by atoms with Crippen molar-refractivity contribution < 1.29 is 4.39 Å². The molecule has 0 unspecified atom stereocenters. The third-order valence-electron chi connectivity index (χ3n) is 3.11. The van der Waals surface area contributed by atoms with Crippen molar-refractivity contribution in [2.24, 2.45) is 7.05 Å². The van der Waals surface area contributed by atoms with Crippen molar-refractivity contribution >= 4 is 11.0 Å². The smallest absolute Gasteiger partial charge is 0.159 e. The molecule has 0 aliphatic heterocycles. The van der Waals surface area contributed by atoms with Crippen LogP contribution in [0.5, 0.6) is 0 Å². The minimum Gasteiger partial charge on any atom is -0.326 e. The Hall–Kier alpha value is -2.17. The second-order valence-electron chi connectivity index (χ2n) is 4.13. The van der Waals surface area contributed by atoms with Gasteiger partial charge in [0.25, 0.3) is 0 Å². The number of imidazole rings is 1. The van der Waals surface area contributed by atoms with Crippen molar-refractivity contribution in [3.63, 3.8) is 0 Å². The van der Waals surface area contributed by atoms with Crippen LogP contribution in [0.25, 0.3) is 22.6 Å². The van der Waals surface area contributed by atoms with Gasteiger partial charge in [0.05, 0.1) is 5.52 Å². The molecule has 0 aliphatic carbocycles. The Morgan fingerprint density at radius 3 is 2.83 bits per heavy atom. The Kier molecular flexibility index (Phi) is 2.40. The van der Waals surface area contributed by atoms with E-state index < -0.39 is 0 Å². The average Bonchev–Trinajstić information content (AvgIpc) is 2.95. The first-order chi connectivity index (χ1) is 8.72. The van der Waals surface area contributed by atoms with Crippen LogP contribution in [0.2, 0.25) is 0 Å². The Labute approximate surface area is 104 Å². The number of fused-ring (bicyclic) bond motifs is 1. The van der Waals surface area contributed by atoms with Crippen LogP contribution in [0.3, 0.4) is 0 Å². The van der Waals surface area contributed by atoms with Gasteiger partial charge in [-0.3, -0.25) is 4.68 Å². The van der Waals surface area contributed by atoms with Gasteiger partial charge in [-0.15, -0.1) is 0 Å². The van der Waals surface area contributed by atoms with E-state index >= 15 is 0 Å². The van der Waals surface area contributed by atoms with E-state index in [2.05, 4.69) is 10.1 Å². The normalized spacial score (nSPS) is 11.3. The Morgan fingerprint density at radius 2 is 2.11 bits per heavy atom. The third-order valence-corrected chi connectivity index (χ3v) is 3.11. The first-order valence-electron chi connectivity index (χ1n) is 5.85. The lowest BCUT2D eigenvalue weighted by molar-refractivity contribution is 0.637. The van der Waals surface area contributed by atoms with E-state index in [1.807, 2.05) is 35.4 Å². The lowest BCUT2D eigenvalue weighted by Gasteiger charge is -2.04. The van der Waals surface area contributed by atoms with Gasteiger partial charge in [-0.25, -0.2) is 9.37 Å². The van der Waals surface area contributed by atoms with Gasteiger partial charge in [0.2, 0.25) is 0 Å². The number of rotatable bonds is 2. The fourth-order valence-corrected chi connectivity index (χ4v) is 2.18. The molecule has 2 aromatic heterocycles. The number of benzene rings is 1. The maximum atomic E-state index is 13.7. The summed E-state index contributed by atoms with van der Waals surface area (Å²) in [6, 6.07) is 6.88. The summed E-state index contributed by atoms with van der Waals surface area (Å²) in [5.41, 5.74) is 2.09. The maximum Gasteiger partial charge on any atom is 0.159 e. The largest absolute Gasteiger partial charge is 0.326 e. The van der Waals surface area contributed by atoms with E-state index in [0.717, 1.165) is 23.6 Å². The SMILES string of the molecule is CCn1nccc1-c1nc2c(F)cccc2n1C. The van der Waals surface area contributed by atoms with Gasteiger partial charge >= 0.3 is 0 Å². The molecule has 1 aromatic carbocycles. The van der Waals surface area contributed by atoms with Crippen LogP contribution >= 0.6 is 0 Å². The van der Waals surface area contributed by atoms with Gasteiger partial charge in [0.15, 0.2) is 11.6 Å². The highest BCUT2D eigenvalue weighted by molar-refractivity contribution is 5.80. The summed E-state index contributed by atoms with van der Waals surface area (Å²) in [4.78, 5) is 4.39. The molecule has 0 N–H and O–H groups in total. The van der Waals surface area contributed by atoms with Crippen molar-refractivity contribution in [1.82, 2.24) is 19.3 Å². The zero-order valence-electron chi connectivity index (χ0n) is 10.3. The van der Waals surface area contributed by atoms with Crippen molar-refractivity contribution in [2.75, 3.05) is 0 Å². The number of nitrogens with zero attached hydrogens (tertiary/aromatic N) is 4. The summed E-state index contributed by atoms with van der Waals surface area (Å²) in [7, 11) is 1.89. The van der Waals surface area contributed by atoms with Crippen molar-refractivity contribution in [3.05, 3.63) is 36.3 Å². The van der Waals surface area contributed by atoms with Gasteiger partial charge in [-0.05, 0) is 25.1 Å². The molecule has 2 heterocycles. The number of halogens is 1. The number of para-hydroxylation sites is 1. The van der Waals surface area contributed by atoms with Crippen LogP contribution in [0, 0.1) is 5.82 Å². The second kappa shape index (κ2) is 3.94. The van der Waals surface area contributed by atoms with Crippen molar-refractivity contribution in [2.45, 2.75) is 13.5 Å². The van der Waals surface area contributed by atoms with Gasteiger partial charge in [0, 0.05) is 19.8 Å². The summed E-state index contributed by atoms with van der Waals surface area (Å²) < 4.78 is 17.4. The minimum absolute atomic E-state index is 0.295. The van der Waals surface area contributed by atoms with Crippen molar-refractivity contribution in [1.29, 1.82) is 0 Å². The Morgan fingerprint density at radius 1 is 1.28 bits per heavy atom. The molecule has 18 heavy (non-hydrogen) atoms. The fraction of sp³-hybridized carbons (Fsp3) is 0.231. The van der Waals surface area contributed by atoms with E-state index in [1.165, 1.54) is 6.07 Å². The molecule has 4 nitrogen and oxygen atoms in total. The first kappa shape index (κ1) is 11.0.